The normalized spacial score (nSPS) is 13.7. The van der Waals surface area contributed by atoms with Gasteiger partial charge in [-0.05, 0) is 36.6 Å². The summed E-state index contributed by atoms with van der Waals surface area (Å²) in [5, 5.41) is 12.6. The first-order valence-corrected chi connectivity index (χ1v) is 7.28. The van der Waals surface area contributed by atoms with E-state index in [9.17, 15) is 0 Å². The summed E-state index contributed by atoms with van der Waals surface area (Å²) in [6.45, 7) is 1.31. The molecule has 0 aliphatic heterocycles. The van der Waals surface area contributed by atoms with Gasteiger partial charge < -0.3 is 10.1 Å². The monoisotopic (exact) mass is 278 g/mol. The minimum Gasteiger partial charge on any atom is -0.489 e. The number of hydrogen-bond acceptors (Lipinski definition) is 3. The fourth-order valence-corrected chi connectivity index (χ4v) is 2.21. The fraction of sp³-hybridized carbons (Fsp3) is 0.278. The van der Waals surface area contributed by atoms with Crippen LogP contribution in [0.3, 0.4) is 0 Å². The maximum absolute atomic E-state index is 9.07. The first-order valence-electron chi connectivity index (χ1n) is 7.28. The zero-order valence-electron chi connectivity index (χ0n) is 11.9. The van der Waals surface area contributed by atoms with Crippen LogP contribution in [0.4, 0.5) is 0 Å². The molecular weight excluding hydrogens is 260 g/mol. The number of nitrogens with one attached hydrogen (secondary N) is 1. The molecule has 1 aliphatic carbocycles. The number of nitrogens with zero attached hydrogens (tertiary/aromatic N) is 1. The smallest absolute Gasteiger partial charge is 0.120 e. The molecule has 0 unspecified atom stereocenters. The van der Waals surface area contributed by atoms with Crippen LogP contribution >= 0.6 is 0 Å². The van der Waals surface area contributed by atoms with Crippen molar-refractivity contribution in [3.8, 4) is 11.8 Å². The summed E-state index contributed by atoms with van der Waals surface area (Å²) in [6.07, 6.45) is 2.59. The van der Waals surface area contributed by atoms with E-state index in [1.165, 1.54) is 18.4 Å². The number of hydrogen-bond donors (Lipinski definition) is 1. The van der Waals surface area contributed by atoms with Crippen molar-refractivity contribution < 1.29 is 4.74 Å². The molecule has 3 rings (SSSR count). The van der Waals surface area contributed by atoms with Gasteiger partial charge in [0, 0.05) is 18.2 Å². The van der Waals surface area contributed by atoms with Gasteiger partial charge in [0.1, 0.15) is 12.4 Å². The van der Waals surface area contributed by atoms with E-state index in [1.807, 2.05) is 36.4 Å². The van der Waals surface area contributed by atoms with Gasteiger partial charge in [0.15, 0.2) is 0 Å². The Balaban J connectivity index is 1.61. The molecule has 0 heterocycles. The Morgan fingerprint density at radius 2 is 2.00 bits per heavy atom. The van der Waals surface area contributed by atoms with Gasteiger partial charge in [0.25, 0.3) is 0 Å². The maximum atomic E-state index is 9.07. The molecule has 0 saturated heterocycles. The molecule has 106 valence electrons. The van der Waals surface area contributed by atoms with E-state index in [0.29, 0.717) is 18.2 Å². The molecule has 0 aromatic heterocycles. The third kappa shape index (κ3) is 3.84. The van der Waals surface area contributed by atoms with Gasteiger partial charge in [0.2, 0.25) is 0 Å². The van der Waals surface area contributed by atoms with Crippen LogP contribution < -0.4 is 10.1 Å². The lowest BCUT2D eigenvalue weighted by atomic mass is 10.1. The second kappa shape index (κ2) is 6.43. The van der Waals surface area contributed by atoms with Gasteiger partial charge in [-0.15, -0.1) is 0 Å². The minimum absolute atomic E-state index is 0.420. The van der Waals surface area contributed by atoms with Crippen LogP contribution in [0.25, 0.3) is 0 Å². The molecule has 0 amide bonds. The van der Waals surface area contributed by atoms with E-state index < -0.39 is 0 Å². The van der Waals surface area contributed by atoms with E-state index in [2.05, 4.69) is 23.5 Å². The van der Waals surface area contributed by atoms with Crippen molar-refractivity contribution in [3.05, 3.63) is 65.2 Å². The molecule has 0 atom stereocenters. The van der Waals surface area contributed by atoms with Crippen molar-refractivity contribution >= 4 is 0 Å². The van der Waals surface area contributed by atoms with Gasteiger partial charge in [0.05, 0.1) is 11.6 Å². The van der Waals surface area contributed by atoms with Crippen LogP contribution in [-0.4, -0.2) is 6.04 Å². The highest BCUT2D eigenvalue weighted by atomic mass is 16.5. The van der Waals surface area contributed by atoms with Gasteiger partial charge in [-0.3, -0.25) is 0 Å². The van der Waals surface area contributed by atoms with Crippen molar-refractivity contribution in [1.29, 1.82) is 5.26 Å². The van der Waals surface area contributed by atoms with E-state index in [-0.39, 0.29) is 0 Å². The standard InChI is InChI=1S/C18H18N2O/c19-11-15-5-1-2-6-16(15)13-21-18-7-3-4-14(10-18)12-20-17-8-9-17/h1-7,10,17,20H,8-9,12-13H2. The lowest BCUT2D eigenvalue weighted by Crippen LogP contribution is -2.15. The molecular formula is C18H18N2O. The summed E-state index contributed by atoms with van der Waals surface area (Å²) in [5.41, 5.74) is 2.82. The lowest BCUT2D eigenvalue weighted by Gasteiger charge is -2.09. The summed E-state index contributed by atoms with van der Waals surface area (Å²) in [7, 11) is 0. The van der Waals surface area contributed by atoms with Crippen LogP contribution in [-0.2, 0) is 13.2 Å². The van der Waals surface area contributed by atoms with E-state index in [0.717, 1.165) is 17.9 Å². The van der Waals surface area contributed by atoms with Crippen molar-refractivity contribution in [2.45, 2.75) is 32.0 Å². The fourth-order valence-electron chi connectivity index (χ4n) is 2.21. The number of nitriles is 1. The highest BCUT2D eigenvalue weighted by Crippen LogP contribution is 2.21. The average molecular weight is 278 g/mol. The second-order valence-corrected chi connectivity index (χ2v) is 5.36. The molecule has 3 nitrogen and oxygen atoms in total. The molecule has 0 bridgehead atoms. The van der Waals surface area contributed by atoms with E-state index >= 15 is 0 Å². The van der Waals surface area contributed by atoms with Crippen molar-refractivity contribution in [1.82, 2.24) is 5.32 Å². The van der Waals surface area contributed by atoms with Crippen LogP contribution in [0.15, 0.2) is 48.5 Å². The Hall–Kier alpha value is -2.31. The van der Waals surface area contributed by atoms with Crippen molar-refractivity contribution in [2.24, 2.45) is 0 Å². The summed E-state index contributed by atoms with van der Waals surface area (Å²) in [6, 6.07) is 18.6. The zero-order valence-corrected chi connectivity index (χ0v) is 11.9. The van der Waals surface area contributed by atoms with Crippen molar-refractivity contribution in [3.63, 3.8) is 0 Å². The van der Waals surface area contributed by atoms with Crippen LogP contribution in [0.5, 0.6) is 5.75 Å². The first-order chi connectivity index (χ1) is 10.3. The Kier molecular flexibility index (Phi) is 4.18. The summed E-state index contributed by atoms with van der Waals surface area (Å²) in [4.78, 5) is 0. The zero-order chi connectivity index (χ0) is 14.5. The Bertz CT molecular complexity index is 656. The van der Waals surface area contributed by atoms with E-state index in [1.54, 1.807) is 0 Å². The highest BCUT2D eigenvalue weighted by molar-refractivity contribution is 5.37. The molecule has 1 fully saturated rings. The summed E-state index contributed by atoms with van der Waals surface area (Å²) in [5.74, 6) is 0.845. The lowest BCUT2D eigenvalue weighted by molar-refractivity contribution is 0.305. The quantitative estimate of drug-likeness (QED) is 0.881. The molecule has 21 heavy (non-hydrogen) atoms. The maximum Gasteiger partial charge on any atom is 0.120 e. The van der Waals surface area contributed by atoms with Crippen molar-refractivity contribution in [2.75, 3.05) is 0 Å². The Morgan fingerprint density at radius 3 is 2.81 bits per heavy atom. The molecule has 2 aromatic rings. The predicted molar refractivity (Wildman–Crippen MR) is 81.8 cm³/mol. The van der Waals surface area contributed by atoms with Gasteiger partial charge in [-0.1, -0.05) is 30.3 Å². The molecule has 1 N–H and O–H groups in total. The van der Waals surface area contributed by atoms with Gasteiger partial charge >= 0.3 is 0 Å². The SMILES string of the molecule is N#Cc1ccccc1COc1cccc(CNC2CC2)c1. The molecule has 1 aliphatic rings. The first kappa shape index (κ1) is 13.7. The number of ether oxygens (including phenoxy) is 1. The molecule has 3 heteroatoms. The number of benzene rings is 2. The van der Waals surface area contributed by atoms with Crippen LogP contribution in [0.2, 0.25) is 0 Å². The summed E-state index contributed by atoms with van der Waals surface area (Å²) < 4.78 is 5.82. The predicted octanol–water partition coefficient (Wildman–Crippen LogP) is 3.39. The van der Waals surface area contributed by atoms with Gasteiger partial charge in [-0.25, -0.2) is 0 Å². The third-order valence-corrected chi connectivity index (χ3v) is 3.60. The molecule has 0 spiro atoms. The largest absolute Gasteiger partial charge is 0.489 e. The Labute approximate surface area is 125 Å². The van der Waals surface area contributed by atoms with E-state index in [4.69, 9.17) is 10.00 Å². The minimum atomic E-state index is 0.420. The molecule has 1 saturated carbocycles. The summed E-state index contributed by atoms with van der Waals surface area (Å²) >= 11 is 0. The van der Waals surface area contributed by atoms with Gasteiger partial charge in [-0.2, -0.15) is 5.26 Å². The molecule has 2 aromatic carbocycles. The second-order valence-electron chi connectivity index (χ2n) is 5.36. The highest BCUT2D eigenvalue weighted by Gasteiger charge is 2.19. The van der Waals surface area contributed by atoms with Crippen LogP contribution in [0.1, 0.15) is 29.5 Å². The number of rotatable bonds is 6. The topological polar surface area (TPSA) is 45.0 Å². The Morgan fingerprint density at radius 1 is 1.14 bits per heavy atom. The average Bonchev–Trinajstić information content (AvgIpc) is 3.36. The molecule has 0 radical (unpaired) electrons. The van der Waals surface area contributed by atoms with Crippen LogP contribution in [0, 0.1) is 11.3 Å². The third-order valence-electron chi connectivity index (χ3n) is 3.60.